The number of amides is 1. The largest absolute Gasteiger partial charge is 0.342 e. The van der Waals surface area contributed by atoms with E-state index in [9.17, 15) is 33.4 Å². The highest BCUT2D eigenvalue weighted by Crippen LogP contribution is 2.34. The first-order chi connectivity index (χ1) is 14.2. The van der Waals surface area contributed by atoms with Crippen molar-refractivity contribution < 1.29 is 23.1 Å². The van der Waals surface area contributed by atoms with Crippen molar-refractivity contribution in [1.82, 2.24) is 9.88 Å². The summed E-state index contributed by atoms with van der Waals surface area (Å²) in [4.78, 5) is 39.6. The summed E-state index contributed by atoms with van der Waals surface area (Å²) in [6, 6.07) is 6.82. The second kappa shape index (κ2) is 9.87. The first-order valence-corrected chi connectivity index (χ1v) is 10.3. The highest BCUT2D eigenvalue weighted by molar-refractivity contribution is 7.71. The van der Waals surface area contributed by atoms with Crippen molar-refractivity contribution in [3.8, 4) is 0 Å². The van der Waals surface area contributed by atoms with Crippen molar-refractivity contribution in [2.75, 3.05) is 13.1 Å². The fourth-order valence-corrected chi connectivity index (χ4v) is 3.53. The minimum Gasteiger partial charge on any atom is -0.342 e. The van der Waals surface area contributed by atoms with Crippen LogP contribution in [0.25, 0.3) is 0 Å². The fourth-order valence-electron chi connectivity index (χ4n) is 3.02. The molecule has 0 aliphatic rings. The molecule has 12 heteroatoms. The van der Waals surface area contributed by atoms with Gasteiger partial charge in [0.25, 0.3) is 11.4 Å². The molecule has 0 saturated carbocycles. The predicted molar refractivity (Wildman–Crippen MR) is 108 cm³/mol. The lowest BCUT2D eigenvalue weighted by Crippen LogP contribution is -2.36. The summed E-state index contributed by atoms with van der Waals surface area (Å²) in [5.74, 6) is -1.81. The molecule has 1 heterocycles. The first-order valence-electron chi connectivity index (χ1n) is 8.97. The molecule has 0 aliphatic heterocycles. The molecule has 1 unspecified atom stereocenters. The van der Waals surface area contributed by atoms with E-state index < -0.39 is 43.8 Å². The van der Waals surface area contributed by atoms with E-state index in [1.165, 1.54) is 29.2 Å². The topological polar surface area (TPSA) is 154 Å². The number of hydrogen-bond donors (Lipinski definition) is 1. The van der Waals surface area contributed by atoms with Gasteiger partial charge in [0.2, 0.25) is 5.91 Å². The zero-order valence-electron chi connectivity index (χ0n) is 16.3. The molecular weight excluding hydrogens is 416 g/mol. The Balaban J connectivity index is 2.66. The van der Waals surface area contributed by atoms with Crippen molar-refractivity contribution in [3.05, 3.63) is 73.6 Å². The lowest BCUT2D eigenvalue weighted by molar-refractivity contribution is -0.395. The number of rotatable bonds is 9. The van der Waals surface area contributed by atoms with Gasteiger partial charge in [0.15, 0.2) is 0 Å². The number of benzene rings is 1. The number of carbonyl (C=O) groups excluding carboxylic acids is 1. The molecule has 1 aromatic carbocycles. The van der Waals surface area contributed by atoms with Gasteiger partial charge in [-0.2, -0.15) is 0 Å². The fraction of sp³-hybridized carbons (Fsp3) is 0.333. The van der Waals surface area contributed by atoms with Crippen molar-refractivity contribution in [3.63, 3.8) is 0 Å². The molecule has 0 N–H and O–H groups in total. The highest BCUT2D eigenvalue weighted by Gasteiger charge is 2.35. The maximum Gasteiger partial charge on any atom is 0.298 e. The van der Waals surface area contributed by atoms with Crippen molar-refractivity contribution >= 4 is 28.0 Å². The highest BCUT2D eigenvalue weighted by atomic mass is 32.2. The number of pyridine rings is 1. The SMILES string of the molecule is CCN(CC)C(=O)C(c1ccc(C[SH](=O)=O)cc1)c1ncc([N+](=O)[O-])cc1[N+](=O)[O-]. The van der Waals surface area contributed by atoms with Gasteiger partial charge in [-0.05, 0) is 25.0 Å². The summed E-state index contributed by atoms with van der Waals surface area (Å²) in [6.07, 6.45) is 0.876. The van der Waals surface area contributed by atoms with Gasteiger partial charge in [-0.25, -0.2) is 13.4 Å². The summed E-state index contributed by atoms with van der Waals surface area (Å²) in [6.45, 7) is 4.21. The number of carbonyl (C=O) groups is 1. The molecule has 30 heavy (non-hydrogen) atoms. The molecule has 0 fully saturated rings. The molecule has 11 nitrogen and oxygen atoms in total. The molecule has 0 aliphatic carbocycles. The summed E-state index contributed by atoms with van der Waals surface area (Å²) in [7, 11) is -2.64. The van der Waals surface area contributed by atoms with Crippen molar-refractivity contribution in [1.29, 1.82) is 0 Å². The summed E-state index contributed by atoms with van der Waals surface area (Å²) in [5, 5.41) is 22.6. The molecule has 1 atom stereocenters. The van der Waals surface area contributed by atoms with Crippen LogP contribution >= 0.6 is 0 Å². The molecule has 0 spiro atoms. The van der Waals surface area contributed by atoms with Crippen molar-refractivity contribution in [2.45, 2.75) is 25.5 Å². The normalized spacial score (nSPS) is 11.8. The molecular formula is C18H20N4O7S. The number of aromatic nitrogens is 1. The third-order valence-electron chi connectivity index (χ3n) is 4.51. The summed E-state index contributed by atoms with van der Waals surface area (Å²) in [5.41, 5.74) is -0.558. The predicted octanol–water partition coefficient (Wildman–Crippen LogP) is 2.01. The van der Waals surface area contributed by atoms with Gasteiger partial charge in [-0.15, -0.1) is 0 Å². The van der Waals surface area contributed by atoms with Gasteiger partial charge in [0.1, 0.15) is 28.5 Å². The number of thiol groups is 1. The quantitative estimate of drug-likeness (QED) is 0.356. The molecule has 1 aromatic heterocycles. The molecule has 2 aromatic rings. The molecule has 160 valence electrons. The Bertz CT molecular complexity index is 1030. The lowest BCUT2D eigenvalue weighted by Gasteiger charge is -2.25. The third-order valence-corrected chi connectivity index (χ3v) is 5.13. The van der Waals surface area contributed by atoms with E-state index in [2.05, 4.69) is 4.98 Å². The van der Waals surface area contributed by atoms with E-state index in [4.69, 9.17) is 0 Å². The zero-order valence-corrected chi connectivity index (χ0v) is 17.2. The third kappa shape index (κ3) is 5.14. The van der Waals surface area contributed by atoms with Crippen LogP contribution in [0.15, 0.2) is 36.5 Å². The Kier molecular flexibility index (Phi) is 7.53. The lowest BCUT2D eigenvalue weighted by atomic mass is 9.91. The van der Waals surface area contributed by atoms with E-state index in [1.54, 1.807) is 13.8 Å². The van der Waals surface area contributed by atoms with Crippen LogP contribution in [0.4, 0.5) is 11.4 Å². The Labute approximate surface area is 173 Å². The van der Waals surface area contributed by atoms with Crippen LogP contribution in [-0.4, -0.2) is 47.1 Å². The van der Waals surface area contributed by atoms with Gasteiger partial charge in [0, 0.05) is 13.1 Å². The zero-order chi connectivity index (χ0) is 22.4. The second-order valence-electron chi connectivity index (χ2n) is 6.29. The van der Waals surface area contributed by atoms with Crippen LogP contribution in [0.1, 0.15) is 36.6 Å². The van der Waals surface area contributed by atoms with E-state index in [0.29, 0.717) is 24.2 Å². The molecule has 0 saturated heterocycles. The van der Waals surface area contributed by atoms with Gasteiger partial charge < -0.3 is 4.90 Å². The van der Waals surface area contributed by atoms with Gasteiger partial charge in [-0.3, -0.25) is 25.0 Å². The van der Waals surface area contributed by atoms with Crippen LogP contribution in [0.5, 0.6) is 0 Å². The maximum absolute atomic E-state index is 13.2. The average Bonchev–Trinajstić information content (AvgIpc) is 2.70. The maximum atomic E-state index is 13.2. The second-order valence-corrected chi connectivity index (χ2v) is 7.27. The van der Waals surface area contributed by atoms with Gasteiger partial charge in [-0.1, -0.05) is 24.3 Å². The number of likely N-dealkylation sites (N-methyl/N-ethyl adjacent to an activating group) is 1. The Morgan fingerprint density at radius 1 is 1.10 bits per heavy atom. The van der Waals surface area contributed by atoms with Gasteiger partial charge >= 0.3 is 0 Å². The number of nitro groups is 2. The van der Waals surface area contributed by atoms with Crippen LogP contribution in [-0.2, 0) is 21.3 Å². The Morgan fingerprint density at radius 3 is 2.17 bits per heavy atom. The molecule has 2 rings (SSSR count). The number of nitrogens with zero attached hydrogens (tertiary/aromatic N) is 4. The van der Waals surface area contributed by atoms with Crippen LogP contribution in [0.2, 0.25) is 0 Å². The smallest absolute Gasteiger partial charge is 0.298 e. The Hall–Kier alpha value is -3.41. The monoisotopic (exact) mass is 436 g/mol. The minimum absolute atomic E-state index is 0.180. The molecule has 1 amide bonds. The summed E-state index contributed by atoms with van der Waals surface area (Å²) < 4.78 is 21.9. The van der Waals surface area contributed by atoms with E-state index in [-0.39, 0.29) is 11.4 Å². The van der Waals surface area contributed by atoms with Crippen LogP contribution < -0.4 is 0 Å². The average molecular weight is 436 g/mol. The van der Waals surface area contributed by atoms with E-state index in [0.717, 1.165) is 12.3 Å². The summed E-state index contributed by atoms with van der Waals surface area (Å²) >= 11 is 0. The van der Waals surface area contributed by atoms with E-state index >= 15 is 0 Å². The van der Waals surface area contributed by atoms with Crippen LogP contribution in [0.3, 0.4) is 0 Å². The van der Waals surface area contributed by atoms with Crippen molar-refractivity contribution in [2.24, 2.45) is 0 Å². The first kappa shape index (κ1) is 22.9. The number of hydrogen-bond acceptors (Lipinski definition) is 8. The Morgan fingerprint density at radius 2 is 1.70 bits per heavy atom. The standard InChI is InChI=1S/C18H20N4O7S/c1-3-20(4-2)18(23)16(13-7-5-12(6-8-13)11-30(28)29)17-15(22(26)27)9-14(10-19-17)21(24)25/h5-10,16,30H,3-4,11H2,1-2H3. The molecule has 0 bridgehead atoms. The van der Waals surface area contributed by atoms with Gasteiger partial charge in [0.05, 0.1) is 21.7 Å². The molecule has 0 radical (unpaired) electrons. The minimum atomic E-state index is -2.64. The van der Waals surface area contributed by atoms with E-state index in [1.807, 2.05) is 0 Å². The van der Waals surface area contributed by atoms with Crippen LogP contribution in [0, 0.1) is 20.2 Å².